The first-order chi connectivity index (χ1) is 16.1. The van der Waals surface area contributed by atoms with Crippen molar-refractivity contribution in [2.45, 2.75) is 6.54 Å². The first-order valence-corrected chi connectivity index (χ1v) is 10.4. The van der Waals surface area contributed by atoms with Gasteiger partial charge in [0, 0.05) is 38.1 Å². The summed E-state index contributed by atoms with van der Waals surface area (Å²) in [6, 6.07) is 10.7. The summed E-state index contributed by atoms with van der Waals surface area (Å²) >= 11 is 0. The number of aromatic nitrogens is 6. The van der Waals surface area contributed by atoms with Gasteiger partial charge in [0.1, 0.15) is 12.4 Å². The van der Waals surface area contributed by atoms with Crippen molar-refractivity contribution in [3.63, 3.8) is 0 Å². The van der Waals surface area contributed by atoms with Crippen LogP contribution in [0.15, 0.2) is 58.4 Å². The summed E-state index contributed by atoms with van der Waals surface area (Å²) in [6.45, 7) is 1.86. The van der Waals surface area contributed by atoms with Gasteiger partial charge < -0.3 is 15.2 Å². The number of nitrogens with one attached hydrogen (secondary N) is 1. The van der Waals surface area contributed by atoms with E-state index < -0.39 is 11.2 Å². The molecule has 0 aliphatic carbocycles. The number of aliphatic hydroxyl groups is 1. The normalized spacial score (nSPS) is 11.1. The molecule has 3 heterocycles. The summed E-state index contributed by atoms with van der Waals surface area (Å²) in [5.41, 5.74) is 0.571. The lowest BCUT2D eigenvalue weighted by molar-refractivity contribution is 0.276. The van der Waals surface area contributed by atoms with E-state index >= 15 is 0 Å². The van der Waals surface area contributed by atoms with Gasteiger partial charge in [-0.3, -0.25) is 18.9 Å². The Bertz CT molecular complexity index is 1350. The van der Waals surface area contributed by atoms with Crippen LogP contribution in [0.2, 0.25) is 0 Å². The minimum atomic E-state index is -0.538. The summed E-state index contributed by atoms with van der Waals surface area (Å²) in [5, 5.41) is 20.1. The van der Waals surface area contributed by atoms with E-state index in [1.54, 1.807) is 42.7 Å². The first kappa shape index (κ1) is 22.2. The zero-order chi connectivity index (χ0) is 23.2. The minimum Gasteiger partial charge on any atom is -0.492 e. The van der Waals surface area contributed by atoms with Gasteiger partial charge in [-0.2, -0.15) is 0 Å². The van der Waals surface area contributed by atoms with Crippen molar-refractivity contribution in [3.8, 4) is 17.1 Å². The number of pyridine rings is 1. The molecule has 0 fully saturated rings. The zero-order valence-electron chi connectivity index (χ0n) is 18.0. The molecule has 0 atom stereocenters. The number of rotatable bonds is 9. The molecule has 4 aromatic rings. The van der Waals surface area contributed by atoms with Crippen molar-refractivity contribution >= 4 is 11.2 Å². The van der Waals surface area contributed by atoms with Crippen LogP contribution in [0.3, 0.4) is 0 Å². The van der Waals surface area contributed by atoms with Crippen LogP contribution in [0.25, 0.3) is 22.6 Å². The predicted octanol–water partition coefficient (Wildman–Crippen LogP) is -0.0438. The van der Waals surface area contributed by atoms with Crippen molar-refractivity contribution in [2.75, 3.05) is 26.3 Å². The van der Waals surface area contributed by atoms with Gasteiger partial charge in [0.15, 0.2) is 17.0 Å². The summed E-state index contributed by atoms with van der Waals surface area (Å²) < 4.78 is 8.01. The number of fused-ring (bicyclic) bond motifs is 1. The minimum absolute atomic E-state index is 0.0567. The second-order valence-corrected chi connectivity index (χ2v) is 7.25. The molecular weight excluding hydrogens is 426 g/mol. The summed E-state index contributed by atoms with van der Waals surface area (Å²) in [4.78, 5) is 34.0. The molecule has 1 aromatic carbocycles. The highest BCUT2D eigenvalue weighted by Gasteiger charge is 2.16. The van der Waals surface area contributed by atoms with Gasteiger partial charge in [-0.05, 0) is 35.9 Å². The van der Waals surface area contributed by atoms with Crippen molar-refractivity contribution in [3.05, 3.63) is 75.2 Å². The number of hydrogen-bond acceptors (Lipinski definition) is 9. The molecule has 0 aliphatic rings. The van der Waals surface area contributed by atoms with E-state index in [4.69, 9.17) is 9.84 Å². The van der Waals surface area contributed by atoms with Crippen LogP contribution in [-0.2, 0) is 13.6 Å². The predicted molar refractivity (Wildman–Crippen MR) is 121 cm³/mol. The van der Waals surface area contributed by atoms with E-state index in [-0.39, 0.29) is 30.1 Å². The van der Waals surface area contributed by atoms with Crippen molar-refractivity contribution in [1.82, 2.24) is 34.6 Å². The molecular formula is C22H23N7O4. The molecule has 2 N–H and O–H groups in total. The smallest absolute Gasteiger partial charge is 0.332 e. The third kappa shape index (κ3) is 4.94. The highest BCUT2D eigenvalue weighted by atomic mass is 16.5. The summed E-state index contributed by atoms with van der Waals surface area (Å²) in [5.74, 6) is 0.932. The van der Waals surface area contributed by atoms with Gasteiger partial charge >= 0.3 is 5.69 Å². The van der Waals surface area contributed by atoms with Gasteiger partial charge in [0.05, 0.1) is 13.2 Å². The lowest BCUT2D eigenvalue weighted by Crippen LogP contribution is -2.39. The number of aliphatic hydroxyl groups excluding tert-OH is 1. The molecule has 0 radical (unpaired) electrons. The quantitative estimate of drug-likeness (QED) is 0.337. The molecule has 11 heteroatoms. The Morgan fingerprint density at radius 2 is 1.91 bits per heavy atom. The van der Waals surface area contributed by atoms with E-state index in [1.807, 2.05) is 6.07 Å². The van der Waals surface area contributed by atoms with Crippen LogP contribution in [0.4, 0.5) is 0 Å². The van der Waals surface area contributed by atoms with Gasteiger partial charge in [0.25, 0.3) is 5.56 Å². The van der Waals surface area contributed by atoms with Crippen LogP contribution in [0, 0.1) is 0 Å². The standard InChI is InChI=1S/C22H23N7O4/c1-28-21(31)18-20(29(22(28)32)14-15-3-2-8-24-13-15)27-26-19(25-18)16-4-6-17(7-5-16)33-12-10-23-9-11-30/h2-8,13,23,30H,9-12,14H2,1H3. The van der Waals surface area contributed by atoms with E-state index in [9.17, 15) is 9.59 Å². The Balaban J connectivity index is 1.63. The molecule has 0 aliphatic heterocycles. The van der Waals surface area contributed by atoms with Crippen LogP contribution in [-0.4, -0.2) is 60.7 Å². The van der Waals surface area contributed by atoms with Gasteiger partial charge in [-0.1, -0.05) is 6.07 Å². The summed E-state index contributed by atoms with van der Waals surface area (Å²) in [6.07, 6.45) is 3.29. The third-order valence-electron chi connectivity index (χ3n) is 4.96. The van der Waals surface area contributed by atoms with Gasteiger partial charge in [-0.15, -0.1) is 10.2 Å². The first-order valence-electron chi connectivity index (χ1n) is 10.4. The Kier molecular flexibility index (Phi) is 6.81. The summed E-state index contributed by atoms with van der Waals surface area (Å²) in [7, 11) is 1.41. The van der Waals surface area contributed by atoms with Crippen molar-refractivity contribution < 1.29 is 9.84 Å². The van der Waals surface area contributed by atoms with Gasteiger partial charge in [0.2, 0.25) is 0 Å². The molecule has 170 valence electrons. The average molecular weight is 449 g/mol. The monoisotopic (exact) mass is 449 g/mol. The Morgan fingerprint density at radius 3 is 2.64 bits per heavy atom. The highest BCUT2D eigenvalue weighted by Crippen LogP contribution is 2.19. The van der Waals surface area contributed by atoms with Crippen LogP contribution in [0.5, 0.6) is 5.75 Å². The van der Waals surface area contributed by atoms with Crippen molar-refractivity contribution in [2.24, 2.45) is 7.05 Å². The van der Waals surface area contributed by atoms with Crippen molar-refractivity contribution in [1.29, 1.82) is 0 Å². The number of ether oxygens (including phenoxy) is 1. The lowest BCUT2D eigenvalue weighted by atomic mass is 10.2. The largest absolute Gasteiger partial charge is 0.492 e. The second kappa shape index (κ2) is 10.1. The third-order valence-corrected chi connectivity index (χ3v) is 4.96. The van der Waals surface area contributed by atoms with Crippen LogP contribution in [0.1, 0.15) is 5.56 Å². The average Bonchev–Trinajstić information content (AvgIpc) is 2.86. The fourth-order valence-corrected chi connectivity index (χ4v) is 3.25. The molecule has 0 unspecified atom stereocenters. The fourth-order valence-electron chi connectivity index (χ4n) is 3.25. The molecule has 11 nitrogen and oxygen atoms in total. The maximum absolute atomic E-state index is 12.8. The Labute approximate surface area is 188 Å². The molecule has 0 bridgehead atoms. The van der Waals surface area contributed by atoms with Crippen LogP contribution < -0.4 is 21.3 Å². The molecule has 4 rings (SSSR count). The maximum Gasteiger partial charge on any atom is 0.332 e. The lowest BCUT2D eigenvalue weighted by Gasteiger charge is -2.11. The second-order valence-electron chi connectivity index (χ2n) is 7.25. The van der Waals surface area contributed by atoms with Crippen LogP contribution >= 0.6 is 0 Å². The molecule has 33 heavy (non-hydrogen) atoms. The fraction of sp³-hybridized carbons (Fsp3) is 0.273. The van der Waals surface area contributed by atoms with E-state index in [0.29, 0.717) is 31.0 Å². The Hall–Kier alpha value is -3.96. The molecule has 0 amide bonds. The van der Waals surface area contributed by atoms with E-state index in [0.717, 1.165) is 10.1 Å². The maximum atomic E-state index is 12.8. The molecule has 0 spiro atoms. The number of hydrogen-bond donors (Lipinski definition) is 2. The van der Waals surface area contributed by atoms with Gasteiger partial charge in [-0.25, -0.2) is 9.78 Å². The zero-order valence-corrected chi connectivity index (χ0v) is 18.0. The van der Waals surface area contributed by atoms with E-state index in [1.165, 1.54) is 11.6 Å². The molecule has 3 aromatic heterocycles. The molecule has 0 saturated heterocycles. The number of benzene rings is 1. The highest BCUT2D eigenvalue weighted by molar-refractivity contribution is 5.71. The number of nitrogens with zero attached hydrogens (tertiary/aromatic N) is 6. The molecule has 0 saturated carbocycles. The Morgan fingerprint density at radius 1 is 1.09 bits per heavy atom. The SMILES string of the molecule is Cn1c(=O)c2nc(-c3ccc(OCCNCCO)cc3)nnc2n(Cc2cccnc2)c1=O. The van der Waals surface area contributed by atoms with E-state index in [2.05, 4.69) is 25.5 Å². The topological polar surface area (TPSA) is 137 Å².